The molecule has 26 heavy (non-hydrogen) atoms. The van der Waals surface area contributed by atoms with Gasteiger partial charge < -0.3 is 20.3 Å². The summed E-state index contributed by atoms with van der Waals surface area (Å²) in [6.45, 7) is 3.79. The number of hydrogen-bond acceptors (Lipinski definition) is 8. The molecule has 0 saturated carbocycles. The second-order valence-electron chi connectivity index (χ2n) is 5.66. The minimum absolute atomic E-state index is 0.103. The Morgan fingerprint density at radius 2 is 2.08 bits per heavy atom. The van der Waals surface area contributed by atoms with Gasteiger partial charge in [-0.05, 0) is 6.07 Å². The summed E-state index contributed by atoms with van der Waals surface area (Å²) in [5, 5.41) is 9.73. The standard InChI is InChI=1S/C16H21N7O3/c24-15(11-23-16(25)2-1-3-21-23)18-5-4-17-13-10-14(20-12-19-13)22-6-8-26-9-7-22/h1-3,10,12H,4-9,11H2,(H,18,24)(H,17,19,20). The van der Waals surface area contributed by atoms with Gasteiger partial charge in [0.05, 0.1) is 13.2 Å². The van der Waals surface area contributed by atoms with Crippen LogP contribution in [0, 0.1) is 0 Å². The number of nitrogens with one attached hydrogen (secondary N) is 2. The molecule has 1 amide bonds. The topological polar surface area (TPSA) is 114 Å². The van der Waals surface area contributed by atoms with E-state index in [-0.39, 0.29) is 18.0 Å². The third-order valence-electron chi connectivity index (χ3n) is 3.82. The summed E-state index contributed by atoms with van der Waals surface area (Å²) >= 11 is 0. The van der Waals surface area contributed by atoms with Crippen LogP contribution in [0.5, 0.6) is 0 Å². The molecule has 0 atom stereocenters. The Bertz CT molecular complexity index is 789. The van der Waals surface area contributed by atoms with Crippen molar-refractivity contribution >= 4 is 17.5 Å². The number of hydrogen-bond donors (Lipinski definition) is 2. The molecule has 1 aliphatic heterocycles. The molecule has 0 radical (unpaired) electrons. The van der Waals surface area contributed by atoms with E-state index in [2.05, 4.69) is 30.6 Å². The molecule has 2 N–H and O–H groups in total. The van der Waals surface area contributed by atoms with Crippen molar-refractivity contribution in [2.24, 2.45) is 0 Å². The molecule has 10 nitrogen and oxygen atoms in total. The number of carbonyl (C=O) groups is 1. The highest BCUT2D eigenvalue weighted by Gasteiger charge is 2.13. The molecule has 0 unspecified atom stereocenters. The second-order valence-corrected chi connectivity index (χ2v) is 5.66. The smallest absolute Gasteiger partial charge is 0.267 e. The highest BCUT2D eigenvalue weighted by molar-refractivity contribution is 5.75. The zero-order valence-electron chi connectivity index (χ0n) is 14.3. The van der Waals surface area contributed by atoms with Crippen LogP contribution in [-0.2, 0) is 16.1 Å². The average Bonchev–Trinajstić information content (AvgIpc) is 2.68. The summed E-state index contributed by atoms with van der Waals surface area (Å²) in [5.74, 6) is 1.27. The molecule has 0 aliphatic carbocycles. The first-order valence-corrected chi connectivity index (χ1v) is 8.40. The number of anilines is 2. The maximum Gasteiger partial charge on any atom is 0.267 e. The Morgan fingerprint density at radius 3 is 2.88 bits per heavy atom. The van der Waals surface area contributed by atoms with E-state index in [1.165, 1.54) is 24.7 Å². The van der Waals surface area contributed by atoms with Crippen LogP contribution in [0.2, 0.25) is 0 Å². The first-order valence-electron chi connectivity index (χ1n) is 8.40. The molecule has 1 saturated heterocycles. The van der Waals surface area contributed by atoms with Crippen molar-refractivity contribution < 1.29 is 9.53 Å². The highest BCUT2D eigenvalue weighted by Crippen LogP contribution is 2.14. The van der Waals surface area contributed by atoms with Gasteiger partial charge in [-0.15, -0.1) is 0 Å². The number of rotatable bonds is 7. The Kier molecular flexibility index (Phi) is 6.09. The van der Waals surface area contributed by atoms with Gasteiger partial charge in [-0.1, -0.05) is 0 Å². The molecule has 0 aromatic carbocycles. The van der Waals surface area contributed by atoms with Gasteiger partial charge in [0.2, 0.25) is 5.91 Å². The molecular weight excluding hydrogens is 338 g/mol. The van der Waals surface area contributed by atoms with Crippen molar-refractivity contribution in [3.05, 3.63) is 41.1 Å². The monoisotopic (exact) mass is 359 g/mol. The minimum Gasteiger partial charge on any atom is -0.378 e. The van der Waals surface area contributed by atoms with Gasteiger partial charge in [0.25, 0.3) is 5.56 Å². The summed E-state index contributed by atoms with van der Waals surface area (Å²) in [4.78, 5) is 34.0. The lowest BCUT2D eigenvalue weighted by Gasteiger charge is -2.27. The quantitative estimate of drug-likeness (QED) is 0.611. The lowest BCUT2D eigenvalue weighted by atomic mass is 10.4. The van der Waals surface area contributed by atoms with Gasteiger partial charge in [0.1, 0.15) is 24.5 Å². The number of ether oxygens (including phenoxy) is 1. The summed E-state index contributed by atoms with van der Waals surface area (Å²) in [6, 6.07) is 4.77. The summed E-state index contributed by atoms with van der Waals surface area (Å²) in [6.07, 6.45) is 2.98. The van der Waals surface area contributed by atoms with Gasteiger partial charge in [0.15, 0.2) is 0 Å². The van der Waals surface area contributed by atoms with Gasteiger partial charge in [-0.25, -0.2) is 14.6 Å². The predicted octanol–water partition coefficient (Wildman–Crippen LogP) is -0.902. The van der Waals surface area contributed by atoms with Gasteiger partial charge in [0, 0.05) is 44.5 Å². The summed E-state index contributed by atoms with van der Waals surface area (Å²) in [7, 11) is 0. The molecule has 3 rings (SSSR count). The van der Waals surface area contributed by atoms with Crippen LogP contribution in [0.25, 0.3) is 0 Å². The Morgan fingerprint density at radius 1 is 1.23 bits per heavy atom. The second kappa shape index (κ2) is 8.90. The molecule has 10 heteroatoms. The lowest BCUT2D eigenvalue weighted by molar-refractivity contribution is -0.121. The first kappa shape index (κ1) is 17.8. The zero-order valence-corrected chi connectivity index (χ0v) is 14.3. The lowest BCUT2D eigenvalue weighted by Crippen LogP contribution is -2.37. The Labute approximate surface area is 150 Å². The van der Waals surface area contributed by atoms with E-state index >= 15 is 0 Å². The fourth-order valence-electron chi connectivity index (χ4n) is 2.50. The molecule has 0 spiro atoms. The summed E-state index contributed by atoms with van der Waals surface area (Å²) in [5.41, 5.74) is -0.308. The van der Waals surface area contributed by atoms with Crippen molar-refractivity contribution in [2.75, 3.05) is 49.6 Å². The highest BCUT2D eigenvalue weighted by atomic mass is 16.5. The molecule has 2 aromatic rings. The number of nitrogens with zero attached hydrogens (tertiary/aromatic N) is 5. The Balaban J connectivity index is 1.42. The van der Waals surface area contributed by atoms with Gasteiger partial charge in [-0.2, -0.15) is 5.10 Å². The van der Waals surface area contributed by atoms with Crippen molar-refractivity contribution in [1.82, 2.24) is 25.1 Å². The number of aromatic nitrogens is 4. The predicted molar refractivity (Wildman–Crippen MR) is 95.1 cm³/mol. The van der Waals surface area contributed by atoms with Gasteiger partial charge in [-0.3, -0.25) is 9.59 Å². The van der Waals surface area contributed by atoms with E-state index < -0.39 is 0 Å². The van der Waals surface area contributed by atoms with E-state index in [1.54, 1.807) is 0 Å². The van der Waals surface area contributed by atoms with E-state index in [0.717, 1.165) is 23.6 Å². The van der Waals surface area contributed by atoms with Crippen LogP contribution in [0.15, 0.2) is 35.5 Å². The Hall–Kier alpha value is -3.01. The first-order chi connectivity index (χ1) is 12.7. The fraction of sp³-hybridized carbons (Fsp3) is 0.438. The molecule has 138 valence electrons. The van der Waals surface area contributed by atoms with Crippen molar-refractivity contribution in [1.29, 1.82) is 0 Å². The number of amides is 1. The fourth-order valence-corrected chi connectivity index (χ4v) is 2.50. The third kappa shape index (κ3) is 4.99. The third-order valence-corrected chi connectivity index (χ3v) is 3.82. The van der Waals surface area contributed by atoms with Crippen molar-refractivity contribution in [2.45, 2.75) is 6.54 Å². The molecule has 2 aromatic heterocycles. The van der Waals surface area contributed by atoms with E-state index in [4.69, 9.17) is 4.74 Å². The van der Waals surface area contributed by atoms with Crippen LogP contribution >= 0.6 is 0 Å². The molecule has 1 fully saturated rings. The number of carbonyl (C=O) groups excluding carboxylic acids is 1. The van der Waals surface area contributed by atoms with Crippen LogP contribution in [0.1, 0.15) is 0 Å². The van der Waals surface area contributed by atoms with Crippen molar-refractivity contribution in [3.8, 4) is 0 Å². The van der Waals surface area contributed by atoms with Crippen LogP contribution in [0.3, 0.4) is 0 Å². The molecule has 1 aliphatic rings. The van der Waals surface area contributed by atoms with E-state index in [9.17, 15) is 9.59 Å². The van der Waals surface area contributed by atoms with Crippen LogP contribution < -0.4 is 21.1 Å². The van der Waals surface area contributed by atoms with Crippen LogP contribution in [0.4, 0.5) is 11.6 Å². The maximum atomic E-state index is 11.9. The molecule has 3 heterocycles. The SMILES string of the molecule is O=C(Cn1ncccc1=O)NCCNc1cc(N2CCOCC2)ncn1. The van der Waals surface area contributed by atoms with E-state index in [1.807, 2.05) is 6.07 Å². The largest absolute Gasteiger partial charge is 0.378 e. The van der Waals surface area contributed by atoms with Gasteiger partial charge >= 0.3 is 0 Å². The minimum atomic E-state index is -0.308. The normalized spacial score (nSPS) is 14.1. The molecule has 0 bridgehead atoms. The summed E-state index contributed by atoms with van der Waals surface area (Å²) < 4.78 is 6.45. The average molecular weight is 359 g/mol. The van der Waals surface area contributed by atoms with Crippen molar-refractivity contribution in [3.63, 3.8) is 0 Å². The molecular formula is C16H21N7O3. The number of morpholine rings is 1. The van der Waals surface area contributed by atoms with E-state index in [0.29, 0.717) is 32.1 Å². The van der Waals surface area contributed by atoms with Crippen LogP contribution in [-0.4, -0.2) is 65.0 Å². The zero-order chi connectivity index (χ0) is 18.2. The maximum absolute atomic E-state index is 11.9.